The number of hydrogen-bond acceptors (Lipinski definition) is 18. The summed E-state index contributed by atoms with van der Waals surface area (Å²) in [7, 11) is 3.29. The molecular weight excluding hydrogens is 1200 g/mol. The number of carbonyl (C=O) groups excluding carboxylic acids is 2. The average Bonchev–Trinajstić information content (AvgIpc) is 0.873. The van der Waals surface area contributed by atoms with Gasteiger partial charge in [-0.1, -0.05) is 115 Å². The van der Waals surface area contributed by atoms with Crippen LogP contribution in [0.5, 0.6) is 0 Å². The number of aliphatic hydroxyl groups is 8. The third kappa shape index (κ3) is 28.2. The Morgan fingerprint density at radius 1 is 0.468 bits per heavy atom. The van der Waals surface area contributed by atoms with Crippen LogP contribution in [0.1, 0.15) is 212 Å². The maximum absolute atomic E-state index is 13.8. The zero-order chi connectivity index (χ0) is 69.3. The van der Waals surface area contributed by atoms with E-state index in [4.69, 9.17) is 37.9 Å². The summed E-state index contributed by atoms with van der Waals surface area (Å²) in [4.78, 5) is 27.5. The normalized spacial score (nSPS) is 43.0. The average molecular weight is 1330 g/mol. The molecule has 18 heteroatoms. The van der Waals surface area contributed by atoms with Crippen LogP contribution in [0, 0.1) is 47.3 Å². The van der Waals surface area contributed by atoms with E-state index in [1.165, 1.54) is 12.2 Å². The molecular formula is C76H128O18. The number of cyclic esters (lactones) is 2. The molecule has 28 atom stereocenters. The Hall–Kier alpha value is -3.18. The van der Waals surface area contributed by atoms with E-state index < -0.39 is 103 Å². The van der Waals surface area contributed by atoms with Gasteiger partial charge in [0.15, 0.2) is 0 Å². The van der Waals surface area contributed by atoms with E-state index in [9.17, 15) is 50.4 Å². The van der Waals surface area contributed by atoms with Gasteiger partial charge in [-0.15, -0.1) is 0 Å². The zero-order valence-corrected chi connectivity index (χ0v) is 59.7. The van der Waals surface area contributed by atoms with Crippen molar-refractivity contribution in [1.29, 1.82) is 0 Å². The van der Waals surface area contributed by atoms with Gasteiger partial charge in [0.05, 0.1) is 110 Å². The standard InChI is InChI=1S/C76H128O18/c1-45-21-28-57(77)38-61-18-15-17-60(91-61)30-25-48(4)68(80)44-70(82)54(10)74(86)56(12)76(50(6)27-32-65-43-66(87-13)37-52(8)90-65)94-72(84)34-24-46(2)22-29-58(78)39-62-19-16-20-63(92-62)42-67(88-14)40-59(79)41-69(81)53(9)73(85)55(11)75(93-71(83)33-23-45)49(5)26-31-64-36-47(3)35-51(7)89-64/h15-16,18-19,21-24,33-34,47-70,73-82,85-86H,17,20,25-32,35-44H2,1-14H3/b33-23+,34-24+,45-21+,46-22+/t47?,48-,49?,50?,51+,52+,53+,54+,55?,56?,57?,58?,59-,60?,61+,62+,63?,64?,65?,66-,67-,68+,69-,70-,73?,74?,75+,76+/m1/s1. The van der Waals surface area contributed by atoms with E-state index >= 15 is 0 Å². The molecule has 0 aliphatic carbocycles. The lowest BCUT2D eigenvalue weighted by Crippen LogP contribution is -2.44. The topological polar surface area (TPSA) is 270 Å². The van der Waals surface area contributed by atoms with Crippen LogP contribution in [0.3, 0.4) is 0 Å². The van der Waals surface area contributed by atoms with Crippen molar-refractivity contribution in [2.75, 3.05) is 14.2 Å². The molecule has 0 aromatic carbocycles. The second kappa shape index (κ2) is 41.4. The number of rotatable bonds is 10. The van der Waals surface area contributed by atoms with Gasteiger partial charge in [0.2, 0.25) is 0 Å². The van der Waals surface area contributed by atoms with Crippen molar-refractivity contribution < 1.29 is 88.3 Å². The van der Waals surface area contributed by atoms with Gasteiger partial charge >= 0.3 is 11.9 Å². The van der Waals surface area contributed by atoms with E-state index in [2.05, 4.69) is 19.9 Å². The largest absolute Gasteiger partial charge is 0.459 e. The Kier molecular flexibility index (Phi) is 35.9. The van der Waals surface area contributed by atoms with E-state index in [-0.39, 0.29) is 92.0 Å². The molecule has 0 saturated carbocycles. The molecule has 0 aromatic heterocycles. The second-order valence-electron chi connectivity index (χ2n) is 29.8. The van der Waals surface area contributed by atoms with E-state index in [0.717, 1.165) is 43.3 Å². The molecule has 5 rings (SSSR count). The summed E-state index contributed by atoms with van der Waals surface area (Å²) < 4.78 is 49.5. The predicted molar refractivity (Wildman–Crippen MR) is 365 cm³/mol. The SMILES string of the molecule is CO[C@H]1CC2CC=C[C@@H](CC(O)C/C=C(C)/C=C/C(=O)O[C@@H](C(C)CCC3C[C@H](OC)C[C@H](C)O3)C(C)C(O)[C@@H](C)[C@H](O)C[C@H](O)[C@H](C)CCC3CC=C[C@@H](CC(O)C/C=C(C)/C=C/C(=O)O[C@@H](C(C)CCC4CC(C)C[C@H](C)O4)C(C)C(O)[C@@H](C)[C@H](O)C[C@H](O)C1)O3)O2. The smallest absolute Gasteiger partial charge is 0.331 e. The van der Waals surface area contributed by atoms with Gasteiger partial charge in [0.25, 0.3) is 0 Å². The van der Waals surface area contributed by atoms with Gasteiger partial charge in [0.1, 0.15) is 12.2 Å². The molecule has 5 aliphatic rings. The molecule has 4 bridgehead atoms. The number of esters is 2. The van der Waals surface area contributed by atoms with Crippen molar-refractivity contribution in [2.45, 2.75) is 334 Å². The fraction of sp³-hybridized carbons (Fsp3) is 0.816. The van der Waals surface area contributed by atoms with Crippen LogP contribution < -0.4 is 0 Å². The molecule has 18 nitrogen and oxygen atoms in total. The molecule has 8 N–H and O–H groups in total. The minimum Gasteiger partial charge on any atom is -0.459 e. The number of ether oxygens (including phenoxy) is 8. The molecule has 5 aliphatic heterocycles. The van der Waals surface area contributed by atoms with Crippen molar-refractivity contribution in [3.8, 4) is 0 Å². The first-order valence-corrected chi connectivity index (χ1v) is 36.1. The summed E-state index contributed by atoms with van der Waals surface area (Å²) in [6, 6.07) is 0. The predicted octanol–water partition coefficient (Wildman–Crippen LogP) is 10.9. The van der Waals surface area contributed by atoms with Gasteiger partial charge in [-0.3, -0.25) is 0 Å². The highest BCUT2D eigenvalue weighted by atomic mass is 16.6. The highest BCUT2D eigenvalue weighted by Crippen LogP contribution is 2.36. The minimum atomic E-state index is -1.10. The van der Waals surface area contributed by atoms with Gasteiger partial charge < -0.3 is 78.7 Å². The van der Waals surface area contributed by atoms with Crippen molar-refractivity contribution in [1.82, 2.24) is 0 Å². The third-order valence-corrected chi connectivity index (χ3v) is 21.2. The molecule has 0 aromatic rings. The highest BCUT2D eigenvalue weighted by Gasteiger charge is 2.41. The van der Waals surface area contributed by atoms with Gasteiger partial charge in [-0.05, 0) is 161 Å². The van der Waals surface area contributed by atoms with Crippen LogP contribution in [0.2, 0.25) is 0 Å². The number of aliphatic hydroxyl groups excluding tert-OH is 8. The Labute approximate surface area is 565 Å². The summed E-state index contributed by atoms with van der Waals surface area (Å²) in [5.41, 5.74) is 1.48. The molecule has 0 radical (unpaired) electrons. The summed E-state index contributed by atoms with van der Waals surface area (Å²) in [5, 5.41) is 92.6. The first-order valence-electron chi connectivity index (χ1n) is 36.1. The molecule has 94 heavy (non-hydrogen) atoms. The van der Waals surface area contributed by atoms with Crippen LogP contribution in [-0.4, -0.2) is 189 Å². The Bertz CT molecular complexity index is 2360. The van der Waals surface area contributed by atoms with Crippen LogP contribution >= 0.6 is 0 Å². The summed E-state index contributed by atoms with van der Waals surface area (Å²) in [6.45, 7) is 23.2. The van der Waals surface area contributed by atoms with Crippen LogP contribution in [-0.2, 0) is 47.5 Å². The highest BCUT2D eigenvalue weighted by molar-refractivity contribution is 5.83. The maximum Gasteiger partial charge on any atom is 0.331 e. The lowest BCUT2D eigenvalue weighted by molar-refractivity contribution is -0.155. The number of allylic oxidation sites excluding steroid dienone is 4. The van der Waals surface area contributed by atoms with Crippen molar-refractivity contribution in [3.05, 3.63) is 71.9 Å². The number of methoxy groups -OCH3 is 2. The number of carbonyl (C=O) groups is 2. The monoisotopic (exact) mass is 1330 g/mol. The minimum absolute atomic E-state index is 0.0245. The summed E-state index contributed by atoms with van der Waals surface area (Å²) in [5.74, 6) is -3.81. The lowest BCUT2D eigenvalue weighted by Gasteiger charge is -2.37. The maximum atomic E-state index is 13.8. The molecule has 0 amide bonds. The van der Waals surface area contributed by atoms with E-state index in [0.29, 0.717) is 83.0 Å². The molecule has 0 spiro atoms. The molecule has 540 valence electrons. The molecule has 5 heterocycles. The van der Waals surface area contributed by atoms with Gasteiger partial charge in [0, 0.05) is 69.3 Å². The summed E-state index contributed by atoms with van der Waals surface area (Å²) >= 11 is 0. The lowest BCUT2D eigenvalue weighted by atomic mass is 9.79. The first kappa shape index (κ1) is 81.5. The number of fused-ring (bicyclic) bond motifs is 4. The van der Waals surface area contributed by atoms with Crippen LogP contribution in [0.15, 0.2) is 71.9 Å². The van der Waals surface area contributed by atoms with E-state index in [1.807, 2.05) is 85.8 Å². The van der Waals surface area contributed by atoms with E-state index in [1.54, 1.807) is 40.2 Å². The van der Waals surface area contributed by atoms with Gasteiger partial charge in [-0.25, -0.2) is 9.59 Å². The third-order valence-electron chi connectivity index (χ3n) is 21.2. The van der Waals surface area contributed by atoms with Crippen molar-refractivity contribution in [3.63, 3.8) is 0 Å². The van der Waals surface area contributed by atoms with Crippen LogP contribution in [0.25, 0.3) is 0 Å². The second-order valence-corrected chi connectivity index (χ2v) is 29.8. The fourth-order valence-corrected chi connectivity index (χ4v) is 15.0. The van der Waals surface area contributed by atoms with Crippen molar-refractivity contribution >= 4 is 11.9 Å². The molecule has 2 saturated heterocycles. The van der Waals surface area contributed by atoms with Crippen LogP contribution in [0.4, 0.5) is 0 Å². The van der Waals surface area contributed by atoms with Gasteiger partial charge in [-0.2, -0.15) is 0 Å². The Morgan fingerprint density at radius 3 is 1.43 bits per heavy atom. The Balaban J connectivity index is 1.32. The molecule has 13 unspecified atom stereocenters. The first-order chi connectivity index (χ1) is 44.5. The Morgan fingerprint density at radius 2 is 0.926 bits per heavy atom. The molecule has 2 fully saturated rings. The summed E-state index contributed by atoms with van der Waals surface area (Å²) in [6.07, 6.45) is 18.1. The quantitative estimate of drug-likeness (QED) is 0.0746. The zero-order valence-electron chi connectivity index (χ0n) is 59.7. The number of hydrogen-bond donors (Lipinski definition) is 8. The van der Waals surface area contributed by atoms with Crippen molar-refractivity contribution in [2.24, 2.45) is 47.3 Å². The fourth-order valence-electron chi connectivity index (χ4n) is 15.0.